The summed E-state index contributed by atoms with van der Waals surface area (Å²) in [4.78, 5) is 11.3. The van der Waals surface area contributed by atoms with Crippen molar-refractivity contribution in [3.63, 3.8) is 0 Å². The molecule has 8 heteroatoms. The van der Waals surface area contributed by atoms with Crippen molar-refractivity contribution in [1.29, 1.82) is 0 Å². The largest absolute Gasteiger partial charge is 0.481 e. The zero-order valence-electron chi connectivity index (χ0n) is 8.89. The average Bonchev–Trinajstić information content (AvgIpc) is 2.35. The molecule has 0 saturated heterocycles. The second kappa shape index (κ2) is 4.96. The third-order valence-electron chi connectivity index (χ3n) is 1.95. The zero-order chi connectivity index (χ0) is 12.3. The molecule has 2 heterocycles. The Bertz CT molecular complexity index is 478. The standard InChI is InChI=1S/C9H9ClFN5O/c1-17-7-2-3-16(5-13-7)15-8-6(11)4-12-9(10)14-8/h2-4H,5H2,1H3,(H,12,14,15). The number of ether oxygens (including phenoxy) is 1. The maximum absolute atomic E-state index is 13.3. The molecule has 0 spiro atoms. The molecule has 1 N–H and O–H groups in total. The van der Waals surface area contributed by atoms with E-state index in [1.807, 2.05) is 0 Å². The van der Waals surface area contributed by atoms with Crippen molar-refractivity contribution in [2.75, 3.05) is 19.2 Å². The summed E-state index contributed by atoms with van der Waals surface area (Å²) in [6.07, 6.45) is 4.29. The summed E-state index contributed by atoms with van der Waals surface area (Å²) < 4.78 is 18.2. The monoisotopic (exact) mass is 257 g/mol. The molecule has 0 unspecified atom stereocenters. The van der Waals surface area contributed by atoms with Crippen LogP contribution < -0.4 is 5.43 Å². The maximum Gasteiger partial charge on any atom is 0.224 e. The second-order valence-corrected chi connectivity index (χ2v) is 3.41. The van der Waals surface area contributed by atoms with Crippen LogP contribution in [0.1, 0.15) is 0 Å². The van der Waals surface area contributed by atoms with Gasteiger partial charge in [-0.25, -0.2) is 14.4 Å². The fourth-order valence-electron chi connectivity index (χ4n) is 1.16. The molecule has 1 aliphatic heterocycles. The van der Waals surface area contributed by atoms with Crippen molar-refractivity contribution in [2.45, 2.75) is 0 Å². The molecule has 0 atom stereocenters. The molecule has 2 rings (SSSR count). The third-order valence-corrected chi connectivity index (χ3v) is 2.13. The topological polar surface area (TPSA) is 62.6 Å². The predicted octanol–water partition coefficient (Wildman–Crippen LogP) is 1.43. The first-order valence-electron chi connectivity index (χ1n) is 4.67. The Balaban J connectivity index is 2.06. The number of hydrogen-bond acceptors (Lipinski definition) is 6. The molecule has 0 aromatic carbocycles. The van der Waals surface area contributed by atoms with Gasteiger partial charge in [-0.15, -0.1) is 0 Å². The lowest BCUT2D eigenvalue weighted by Crippen LogP contribution is -2.29. The zero-order valence-corrected chi connectivity index (χ0v) is 9.65. The molecule has 6 nitrogen and oxygen atoms in total. The molecule has 1 aliphatic rings. The van der Waals surface area contributed by atoms with Crippen molar-refractivity contribution in [3.05, 3.63) is 29.6 Å². The van der Waals surface area contributed by atoms with E-state index in [2.05, 4.69) is 20.4 Å². The van der Waals surface area contributed by atoms with Crippen LogP contribution in [0.15, 0.2) is 23.5 Å². The number of nitrogens with zero attached hydrogens (tertiary/aromatic N) is 4. The van der Waals surface area contributed by atoms with Gasteiger partial charge in [0, 0.05) is 12.3 Å². The number of halogens is 2. The fraction of sp³-hybridized carbons (Fsp3) is 0.222. The summed E-state index contributed by atoms with van der Waals surface area (Å²) in [6.45, 7) is 0.279. The number of nitrogens with one attached hydrogen (secondary N) is 1. The quantitative estimate of drug-likeness (QED) is 0.812. The lowest BCUT2D eigenvalue weighted by atomic mass is 10.5. The SMILES string of the molecule is COC1=NCN(Nc2nc(Cl)ncc2F)C=C1. The Hall–Kier alpha value is -1.89. The van der Waals surface area contributed by atoms with Crippen LogP contribution in [0.4, 0.5) is 10.2 Å². The molecule has 1 aromatic heterocycles. The van der Waals surface area contributed by atoms with Gasteiger partial charge in [-0.3, -0.25) is 10.4 Å². The number of anilines is 1. The minimum atomic E-state index is -0.593. The smallest absolute Gasteiger partial charge is 0.224 e. The molecule has 0 amide bonds. The number of hydrogen-bond donors (Lipinski definition) is 1. The highest BCUT2D eigenvalue weighted by Gasteiger charge is 2.10. The highest BCUT2D eigenvalue weighted by molar-refractivity contribution is 6.28. The van der Waals surface area contributed by atoms with E-state index >= 15 is 0 Å². The van der Waals surface area contributed by atoms with Gasteiger partial charge < -0.3 is 4.74 Å². The number of rotatable bonds is 2. The highest BCUT2D eigenvalue weighted by atomic mass is 35.5. The summed E-state index contributed by atoms with van der Waals surface area (Å²) in [5, 5.41) is 1.50. The van der Waals surface area contributed by atoms with Crippen molar-refractivity contribution < 1.29 is 9.13 Å². The molecule has 90 valence electrons. The third kappa shape index (κ3) is 2.82. The summed E-state index contributed by atoms with van der Waals surface area (Å²) in [6, 6.07) is 0. The highest BCUT2D eigenvalue weighted by Crippen LogP contribution is 2.13. The van der Waals surface area contributed by atoms with Gasteiger partial charge in [-0.05, 0) is 11.6 Å². The van der Waals surface area contributed by atoms with Gasteiger partial charge in [0.1, 0.15) is 6.67 Å². The van der Waals surface area contributed by atoms with Gasteiger partial charge in [0.2, 0.25) is 11.2 Å². The van der Waals surface area contributed by atoms with Crippen molar-refractivity contribution in [3.8, 4) is 0 Å². The predicted molar refractivity (Wildman–Crippen MR) is 60.9 cm³/mol. The Morgan fingerprint density at radius 1 is 1.59 bits per heavy atom. The van der Waals surface area contributed by atoms with Gasteiger partial charge >= 0.3 is 0 Å². The van der Waals surface area contributed by atoms with Crippen LogP contribution >= 0.6 is 11.6 Å². The Labute approximate surface area is 102 Å². The number of methoxy groups -OCH3 is 1. The lowest BCUT2D eigenvalue weighted by Gasteiger charge is -2.22. The molecule has 0 fully saturated rings. The summed E-state index contributed by atoms with van der Waals surface area (Å²) in [5.41, 5.74) is 2.71. The minimum Gasteiger partial charge on any atom is -0.481 e. The first kappa shape index (κ1) is 11.6. The fourth-order valence-corrected chi connectivity index (χ4v) is 1.30. The van der Waals surface area contributed by atoms with Crippen LogP contribution in [0, 0.1) is 5.82 Å². The van der Waals surface area contributed by atoms with E-state index in [0.29, 0.717) is 5.90 Å². The van der Waals surface area contributed by atoms with Gasteiger partial charge in [0.15, 0.2) is 11.6 Å². The van der Waals surface area contributed by atoms with Crippen LogP contribution in [0.3, 0.4) is 0 Å². The van der Waals surface area contributed by atoms with Gasteiger partial charge in [-0.2, -0.15) is 4.98 Å². The normalized spacial score (nSPS) is 14.5. The first-order valence-corrected chi connectivity index (χ1v) is 5.05. The number of hydrazine groups is 1. The van der Waals surface area contributed by atoms with E-state index in [0.717, 1.165) is 6.20 Å². The molecular formula is C9H9ClFN5O. The Kier molecular flexibility index (Phi) is 3.38. The van der Waals surface area contributed by atoms with Crippen molar-refractivity contribution in [2.24, 2.45) is 4.99 Å². The van der Waals surface area contributed by atoms with Crippen LogP contribution in [-0.2, 0) is 4.74 Å². The number of aliphatic imine (C=N–C) groups is 1. The van der Waals surface area contributed by atoms with Crippen LogP contribution in [0.25, 0.3) is 0 Å². The van der Waals surface area contributed by atoms with Crippen LogP contribution in [0.5, 0.6) is 0 Å². The Morgan fingerprint density at radius 2 is 2.41 bits per heavy atom. The molecule has 0 aliphatic carbocycles. The van der Waals surface area contributed by atoms with E-state index in [9.17, 15) is 4.39 Å². The molecule has 0 bridgehead atoms. The first-order chi connectivity index (χ1) is 8.19. The molecule has 0 radical (unpaired) electrons. The Morgan fingerprint density at radius 3 is 3.06 bits per heavy atom. The van der Waals surface area contributed by atoms with Crippen molar-refractivity contribution in [1.82, 2.24) is 15.0 Å². The van der Waals surface area contributed by atoms with E-state index in [-0.39, 0.29) is 17.8 Å². The molecular weight excluding hydrogens is 249 g/mol. The van der Waals surface area contributed by atoms with Crippen molar-refractivity contribution >= 4 is 23.3 Å². The minimum absolute atomic E-state index is 0.00860. The summed E-state index contributed by atoms with van der Waals surface area (Å²) >= 11 is 5.57. The van der Waals surface area contributed by atoms with Crippen LogP contribution in [0.2, 0.25) is 5.28 Å². The van der Waals surface area contributed by atoms with E-state index in [1.54, 1.807) is 12.3 Å². The summed E-state index contributed by atoms with van der Waals surface area (Å²) in [5.74, 6) is -0.0979. The van der Waals surface area contributed by atoms with E-state index < -0.39 is 5.82 Å². The average molecular weight is 258 g/mol. The molecule has 0 saturated carbocycles. The second-order valence-electron chi connectivity index (χ2n) is 3.07. The van der Waals surface area contributed by atoms with Gasteiger partial charge in [-0.1, -0.05) is 0 Å². The van der Waals surface area contributed by atoms with Gasteiger partial charge in [0.05, 0.1) is 13.3 Å². The summed E-state index contributed by atoms with van der Waals surface area (Å²) in [7, 11) is 1.52. The maximum atomic E-state index is 13.3. The number of aromatic nitrogens is 2. The van der Waals surface area contributed by atoms with E-state index in [4.69, 9.17) is 16.3 Å². The van der Waals surface area contributed by atoms with Gasteiger partial charge in [0.25, 0.3) is 0 Å². The lowest BCUT2D eigenvalue weighted by molar-refractivity contribution is 0.381. The van der Waals surface area contributed by atoms with E-state index in [1.165, 1.54) is 12.1 Å². The van der Waals surface area contributed by atoms with Crippen LogP contribution in [-0.4, -0.2) is 34.7 Å². The molecule has 1 aromatic rings. The molecule has 17 heavy (non-hydrogen) atoms.